The molecule has 2 aromatic rings. The highest BCUT2D eigenvalue weighted by Crippen LogP contribution is 2.31. The summed E-state index contributed by atoms with van der Waals surface area (Å²) in [7, 11) is 4.07. The average molecular weight is 283 g/mol. The zero-order chi connectivity index (χ0) is 14.8. The second-order valence-corrected chi connectivity index (χ2v) is 5.58. The normalized spacial score (nSPS) is 14.0. The molecule has 0 fully saturated rings. The molecule has 5 nitrogen and oxygen atoms in total. The standard InChI is InChI=1S/C16H21N5/c1-21(2)12-8-6-11(7-9-12)14-13-5-3-4-10-18-15(13)20-16(17)19-14/h6-9H,3-5,10H2,1-2H3,(H3,17,18,19,20). The topological polar surface area (TPSA) is 67.1 Å². The van der Waals surface area contributed by atoms with Crippen molar-refractivity contribution in [1.29, 1.82) is 0 Å². The summed E-state index contributed by atoms with van der Waals surface area (Å²) in [6.45, 7) is 0.947. The highest BCUT2D eigenvalue weighted by Gasteiger charge is 2.17. The summed E-state index contributed by atoms with van der Waals surface area (Å²) >= 11 is 0. The lowest BCUT2D eigenvalue weighted by Crippen LogP contribution is -2.09. The molecule has 5 heteroatoms. The Kier molecular flexibility index (Phi) is 3.64. The van der Waals surface area contributed by atoms with Crippen molar-refractivity contribution in [3.05, 3.63) is 29.8 Å². The van der Waals surface area contributed by atoms with Crippen LogP contribution in [0.1, 0.15) is 18.4 Å². The molecule has 1 aromatic heterocycles. The van der Waals surface area contributed by atoms with Crippen LogP contribution in [0, 0.1) is 0 Å². The summed E-state index contributed by atoms with van der Waals surface area (Å²) in [5.41, 5.74) is 10.3. The van der Waals surface area contributed by atoms with Crippen molar-refractivity contribution in [3.8, 4) is 11.3 Å². The second-order valence-electron chi connectivity index (χ2n) is 5.58. The molecule has 3 rings (SSSR count). The van der Waals surface area contributed by atoms with Crippen molar-refractivity contribution in [2.75, 3.05) is 36.6 Å². The SMILES string of the molecule is CN(C)c1ccc(-c2nc(N)nc3c2CCCCN3)cc1. The van der Waals surface area contributed by atoms with Crippen molar-refractivity contribution in [3.63, 3.8) is 0 Å². The van der Waals surface area contributed by atoms with Gasteiger partial charge in [-0.05, 0) is 31.4 Å². The van der Waals surface area contributed by atoms with Crippen LogP contribution in [0.5, 0.6) is 0 Å². The second kappa shape index (κ2) is 5.60. The minimum Gasteiger partial charge on any atom is -0.378 e. The van der Waals surface area contributed by atoms with Gasteiger partial charge in [0.25, 0.3) is 0 Å². The number of hydrogen-bond donors (Lipinski definition) is 2. The maximum atomic E-state index is 5.88. The summed E-state index contributed by atoms with van der Waals surface area (Å²) in [6.07, 6.45) is 3.29. The van der Waals surface area contributed by atoms with E-state index < -0.39 is 0 Å². The fraction of sp³-hybridized carbons (Fsp3) is 0.375. The summed E-state index contributed by atoms with van der Waals surface area (Å²) in [5, 5.41) is 3.37. The third kappa shape index (κ3) is 2.77. The van der Waals surface area contributed by atoms with Gasteiger partial charge in [0.1, 0.15) is 5.82 Å². The van der Waals surface area contributed by atoms with Crippen LogP contribution in [0.3, 0.4) is 0 Å². The number of nitrogens with zero attached hydrogens (tertiary/aromatic N) is 3. The lowest BCUT2D eigenvalue weighted by molar-refractivity contribution is 0.785. The van der Waals surface area contributed by atoms with Gasteiger partial charge in [-0.25, -0.2) is 4.98 Å². The van der Waals surface area contributed by atoms with E-state index in [2.05, 4.69) is 44.5 Å². The Balaban J connectivity index is 2.07. The Morgan fingerprint density at radius 2 is 1.86 bits per heavy atom. The van der Waals surface area contributed by atoms with E-state index in [0.717, 1.165) is 42.9 Å². The van der Waals surface area contributed by atoms with Gasteiger partial charge in [-0.2, -0.15) is 4.98 Å². The lowest BCUT2D eigenvalue weighted by atomic mass is 10.0. The number of rotatable bonds is 2. The molecular weight excluding hydrogens is 262 g/mol. The summed E-state index contributed by atoms with van der Waals surface area (Å²) in [6, 6.07) is 8.40. The first-order valence-corrected chi connectivity index (χ1v) is 7.33. The van der Waals surface area contributed by atoms with Crippen LogP contribution in [-0.2, 0) is 6.42 Å². The maximum absolute atomic E-state index is 5.88. The van der Waals surface area contributed by atoms with E-state index in [-0.39, 0.29) is 0 Å². The van der Waals surface area contributed by atoms with Crippen LogP contribution in [0.25, 0.3) is 11.3 Å². The van der Waals surface area contributed by atoms with E-state index in [1.165, 1.54) is 11.3 Å². The lowest BCUT2D eigenvalue weighted by Gasteiger charge is -2.15. The van der Waals surface area contributed by atoms with Gasteiger partial charge in [0.15, 0.2) is 0 Å². The molecule has 0 radical (unpaired) electrons. The van der Waals surface area contributed by atoms with Gasteiger partial charge >= 0.3 is 0 Å². The van der Waals surface area contributed by atoms with Gasteiger partial charge in [0, 0.05) is 37.5 Å². The number of nitrogens with one attached hydrogen (secondary N) is 1. The summed E-state index contributed by atoms with van der Waals surface area (Å²) < 4.78 is 0. The van der Waals surface area contributed by atoms with Gasteiger partial charge < -0.3 is 16.0 Å². The Labute approximate surface area is 125 Å². The van der Waals surface area contributed by atoms with E-state index >= 15 is 0 Å². The van der Waals surface area contributed by atoms with Crippen LogP contribution >= 0.6 is 0 Å². The molecule has 21 heavy (non-hydrogen) atoms. The molecule has 0 saturated heterocycles. The summed E-state index contributed by atoms with van der Waals surface area (Å²) in [5.74, 6) is 1.22. The van der Waals surface area contributed by atoms with E-state index in [0.29, 0.717) is 5.95 Å². The molecule has 0 unspecified atom stereocenters. The van der Waals surface area contributed by atoms with E-state index in [1.54, 1.807) is 0 Å². The zero-order valence-corrected chi connectivity index (χ0v) is 12.6. The largest absolute Gasteiger partial charge is 0.378 e. The number of benzene rings is 1. The molecule has 2 heterocycles. The Hall–Kier alpha value is -2.30. The van der Waals surface area contributed by atoms with Crippen molar-refractivity contribution >= 4 is 17.5 Å². The van der Waals surface area contributed by atoms with E-state index in [9.17, 15) is 0 Å². The van der Waals surface area contributed by atoms with Crippen molar-refractivity contribution in [2.45, 2.75) is 19.3 Å². The monoisotopic (exact) mass is 283 g/mol. The highest BCUT2D eigenvalue weighted by atomic mass is 15.1. The number of aromatic nitrogens is 2. The number of fused-ring (bicyclic) bond motifs is 1. The predicted molar refractivity (Wildman–Crippen MR) is 87.6 cm³/mol. The van der Waals surface area contributed by atoms with E-state index in [1.807, 2.05) is 14.1 Å². The van der Waals surface area contributed by atoms with Gasteiger partial charge in [0.05, 0.1) is 5.69 Å². The molecule has 0 amide bonds. The molecule has 0 spiro atoms. The Morgan fingerprint density at radius 1 is 1.10 bits per heavy atom. The Morgan fingerprint density at radius 3 is 2.57 bits per heavy atom. The van der Waals surface area contributed by atoms with Crippen molar-refractivity contribution in [2.24, 2.45) is 0 Å². The molecule has 1 aliphatic rings. The minimum absolute atomic E-state index is 0.329. The molecule has 0 aliphatic carbocycles. The minimum atomic E-state index is 0.329. The van der Waals surface area contributed by atoms with E-state index in [4.69, 9.17) is 5.73 Å². The van der Waals surface area contributed by atoms with Crippen LogP contribution in [0.15, 0.2) is 24.3 Å². The quantitative estimate of drug-likeness (QED) is 0.886. The number of nitrogens with two attached hydrogens (primary N) is 1. The molecule has 0 bridgehead atoms. The highest BCUT2D eigenvalue weighted by molar-refractivity contribution is 5.71. The first-order valence-electron chi connectivity index (χ1n) is 7.33. The van der Waals surface area contributed by atoms with Crippen molar-refractivity contribution < 1.29 is 0 Å². The average Bonchev–Trinajstić information content (AvgIpc) is 2.71. The zero-order valence-electron chi connectivity index (χ0n) is 12.6. The smallest absolute Gasteiger partial charge is 0.222 e. The molecule has 0 saturated carbocycles. The summed E-state index contributed by atoms with van der Waals surface area (Å²) in [4.78, 5) is 10.9. The maximum Gasteiger partial charge on any atom is 0.222 e. The third-order valence-electron chi connectivity index (χ3n) is 3.83. The first kappa shape index (κ1) is 13.7. The molecular formula is C16H21N5. The molecule has 3 N–H and O–H groups in total. The van der Waals surface area contributed by atoms with Gasteiger partial charge in [-0.3, -0.25) is 0 Å². The van der Waals surface area contributed by atoms with Crippen LogP contribution in [0.2, 0.25) is 0 Å². The fourth-order valence-corrected chi connectivity index (χ4v) is 2.67. The molecule has 0 atom stereocenters. The first-order chi connectivity index (χ1) is 10.1. The van der Waals surface area contributed by atoms with Crippen LogP contribution in [0.4, 0.5) is 17.5 Å². The van der Waals surface area contributed by atoms with Gasteiger partial charge in [-0.1, -0.05) is 12.1 Å². The molecule has 1 aliphatic heterocycles. The molecule has 110 valence electrons. The van der Waals surface area contributed by atoms with Gasteiger partial charge in [0.2, 0.25) is 5.95 Å². The van der Waals surface area contributed by atoms with Crippen LogP contribution < -0.4 is 16.0 Å². The fourth-order valence-electron chi connectivity index (χ4n) is 2.67. The molecule has 1 aromatic carbocycles. The third-order valence-corrected chi connectivity index (χ3v) is 3.83. The number of nitrogen functional groups attached to an aromatic ring is 1. The van der Waals surface area contributed by atoms with Crippen LogP contribution in [-0.4, -0.2) is 30.6 Å². The van der Waals surface area contributed by atoms with Gasteiger partial charge in [-0.15, -0.1) is 0 Å². The Bertz CT molecular complexity index is 634. The number of anilines is 3. The predicted octanol–water partition coefficient (Wildman–Crippen LogP) is 2.54. The number of hydrogen-bond acceptors (Lipinski definition) is 5. The van der Waals surface area contributed by atoms with Crippen molar-refractivity contribution in [1.82, 2.24) is 9.97 Å².